The van der Waals surface area contributed by atoms with Crippen LogP contribution in [-0.2, 0) is 15.3 Å². The Morgan fingerprint density at radius 1 is 1.05 bits per heavy atom. The Balaban J connectivity index is 1.32. The number of carbonyl (C=O) groups is 4. The molecule has 196 valence electrons. The molecule has 1 unspecified atom stereocenters. The Bertz CT molecular complexity index is 1330. The lowest BCUT2D eigenvalue weighted by molar-refractivity contribution is -0.137. The van der Waals surface area contributed by atoms with E-state index in [9.17, 15) is 19.2 Å². The lowest BCUT2D eigenvalue weighted by atomic mass is 10.1. The van der Waals surface area contributed by atoms with Crippen LogP contribution >= 0.6 is 23.1 Å². The molecule has 0 spiro atoms. The van der Waals surface area contributed by atoms with Gasteiger partial charge in [0.1, 0.15) is 12.1 Å². The van der Waals surface area contributed by atoms with E-state index in [1.807, 2.05) is 60.8 Å². The second kappa shape index (κ2) is 11.5. The molecule has 0 saturated carbocycles. The van der Waals surface area contributed by atoms with E-state index in [-0.39, 0.29) is 36.1 Å². The third-order valence-electron chi connectivity index (χ3n) is 7.12. The molecule has 2 aliphatic rings. The Kier molecular flexibility index (Phi) is 7.95. The predicted octanol–water partition coefficient (Wildman–Crippen LogP) is 3.78. The first-order valence-electron chi connectivity index (χ1n) is 12.6. The van der Waals surface area contributed by atoms with Crippen LogP contribution in [0.25, 0.3) is 0 Å². The molecule has 3 aromatic rings. The highest BCUT2D eigenvalue weighted by Crippen LogP contribution is 2.32. The van der Waals surface area contributed by atoms with E-state index in [2.05, 4.69) is 5.32 Å². The zero-order chi connectivity index (χ0) is 26.6. The van der Waals surface area contributed by atoms with E-state index in [1.54, 1.807) is 39.1 Å². The molecule has 0 radical (unpaired) electrons. The number of fused-ring (bicyclic) bond motifs is 1. The van der Waals surface area contributed by atoms with Crippen LogP contribution in [0.4, 0.5) is 0 Å². The van der Waals surface area contributed by atoms with Gasteiger partial charge in [-0.2, -0.15) is 23.1 Å². The molecule has 0 aliphatic carbocycles. The highest BCUT2D eigenvalue weighted by molar-refractivity contribution is 7.98. The maximum Gasteiger partial charge on any atom is 0.254 e. The first-order chi connectivity index (χ1) is 18.4. The monoisotopic (exact) mass is 547 g/mol. The average molecular weight is 548 g/mol. The largest absolute Gasteiger partial charge is 0.339 e. The number of hydrogen-bond acceptors (Lipinski definition) is 6. The predicted molar refractivity (Wildman–Crippen MR) is 149 cm³/mol. The number of hydrogen-bond donors (Lipinski definition) is 1. The third-order valence-corrected chi connectivity index (χ3v) is 8.91. The lowest BCUT2D eigenvalue weighted by Crippen LogP contribution is -2.53. The number of nitrogens with zero attached hydrogens (tertiary/aromatic N) is 2. The molecule has 9 heteroatoms. The van der Waals surface area contributed by atoms with Gasteiger partial charge >= 0.3 is 0 Å². The first-order valence-corrected chi connectivity index (χ1v) is 14.7. The molecule has 7 nitrogen and oxygen atoms in total. The summed E-state index contributed by atoms with van der Waals surface area (Å²) in [5.74, 6) is 0.164. The van der Waals surface area contributed by atoms with Crippen molar-refractivity contribution in [3.63, 3.8) is 0 Å². The molecule has 0 bridgehead atoms. The fourth-order valence-electron chi connectivity index (χ4n) is 5.19. The number of amides is 3. The van der Waals surface area contributed by atoms with Gasteiger partial charge in [0.25, 0.3) is 11.8 Å². The molecule has 2 fully saturated rings. The summed E-state index contributed by atoms with van der Waals surface area (Å²) >= 11 is 2.98. The van der Waals surface area contributed by atoms with E-state index in [1.165, 1.54) is 11.3 Å². The number of thiophene rings is 1. The van der Waals surface area contributed by atoms with Gasteiger partial charge in [-0.3, -0.25) is 19.2 Å². The van der Waals surface area contributed by atoms with E-state index >= 15 is 0 Å². The van der Waals surface area contributed by atoms with Gasteiger partial charge in [-0.25, -0.2) is 0 Å². The van der Waals surface area contributed by atoms with Crippen molar-refractivity contribution in [3.05, 3.63) is 93.7 Å². The summed E-state index contributed by atoms with van der Waals surface area (Å²) in [6, 6.07) is 17.2. The molecule has 3 amide bonds. The molecule has 5 rings (SSSR count). The summed E-state index contributed by atoms with van der Waals surface area (Å²) in [5, 5.41) is 6.47. The fraction of sp³-hybridized carbons (Fsp3) is 0.310. The molecule has 2 saturated heterocycles. The maximum atomic E-state index is 13.8. The number of thioether (sulfide) groups is 1. The van der Waals surface area contributed by atoms with Crippen LogP contribution in [0.1, 0.15) is 38.3 Å². The Hall–Kier alpha value is -3.43. The molecular weight excluding hydrogens is 518 g/mol. The van der Waals surface area contributed by atoms with Gasteiger partial charge in [-0.1, -0.05) is 48.5 Å². The number of likely N-dealkylation sites (tertiary alicyclic amines) is 2. The van der Waals surface area contributed by atoms with Crippen LogP contribution in [-0.4, -0.2) is 70.3 Å². The van der Waals surface area contributed by atoms with Crippen molar-refractivity contribution in [1.82, 2.24) is 15.1 Å². The van der Waals surface area contributed by atoms with Crippen molar-refractivity contribution < 1.29 is 19.2 Å². The van der Waals surface area contributed by atoms with Crippen molar-refractivity contribution in [1.29, 1.82) is 0 Å². The number of ketones is 1. The van der Waals surface area contributed by atoms with Crippen molar-refractivity contribution >= 4 is 46.6 Å². The van der Waals surface area contributed by atoms with Crippen molar-refractivity contribution in [2.24, 2.45) is 0 Å². The summed E-state index contributed by atoms with van der Waals surface area (Å²) < 4.78 is 0. The van der Waals surface area contributed by atoms with Gasteiger partial charge in [-0.05, 0) is 42.0 Å². The molecule has 38 heavy (non-hydrogen) atoms. The average Bonchev–Trinajstić information content (AvgIpc) is 3.67. The number of benzene rings is 2. The maximum absolute atomic E-state index is 13.8. The van der Waals surface area contributed by atoms with Gasteiger partial charge in [0.15, 0.2) is 5.78 Å². The second-order valence-electron chi connectivity index (χ2n) is 9.59. The number of nitrogens with one attached hydrogen (secondary N) is 1. The SMILES string of the molecule is Cc1ccccc1C(=O)N1CC(=O)C2[C@H]1CCN2C(=O)[C@H](CSCc1ccccc1)NC(=O)c1ccsc1. The Morgan fingerprint density at radius 3 is 2.55 bits per heavy atom. The third kappa shape index (κ3) is 5.39. The molecule has 3 heterocycles. The Morgan fingerprint density at radius 2 is 1.82 bits per heavy atom. The highest BCUT2D eigenvalue weighted by atomic mass is 32.2. The van der Waals surface area contributed by atoms with Crippen molar-refractivity contribution in [2.75, 3.05) is 18.8 Å². The van der Waals surface area contributed by atoms with Crippen LogP contribution in [0, 0.1) is 6.92 Å². The summed E-state index contributed by atoms with van der Waals surface area (Å²) in [5.41, 5.74) is 3.06. The minimum atomic E-state index is -0.788. The quantitative estimate of drug-likeness (QED) is 0.464. The molecule has 2 aromatic carbocycles. The standard InChI is InChI=1S/C29H29N3O4S2/c1-19-7-5-6-10-22(19)28(35)32-15-25(33)26-24(32)11-13-31(26)29(36)23(30-27(34)21-12-14-37-17-21)18-38-16-20-8-3-2-4-9-20/h2-10,12,14,17,23-24,26H,11,13,15-16,18H2,1H3,(H,30,34)/t23-,24+,26?/m0/s1. The van der Waals surface area contributed by atoms with E-state index in [4.69, 9.17) is 0 Å². The molecule has 1 aromatic heterocycles. The van der Waals surface area contributed by atoms with E-state index < -0.39 is 12.1 Å². The van der Waals surface area contributed by atoms with Gasteiger partial charge in [0, 0.05) is 29.0 Å². The van der Waals surface area contributed by atoms with Gasteiger partial charge in [0.05, 0.1) is 18.2 Å². The summed E-state index contributed by atoms with van der Waals surface area (Å²) in [4.78, 5) is 56.4. The normalized spacial score (nSPS) is 19.3. The van der Waals surface area contributed by atoms with E-state index in [0.29, 0.717) is 35.6 Å². The topological polar surface area (TPSA) is 86.8 Å². The smallest absolute Gasteiger partial charge is 0.254 e. The van der Waals surface area contributed by atoms with Crippen molar-refractivity contribution in [3.8, 4) is 0 Å². The minimum Gasteiger partial charge on any atom is -0.339 e. The van der Waals surface area contributed by atoms with Crippen LogP contribution < -0.4 is 5.32 Å². The van der Waals surface area contributed by atoms with Crippen LogP contribution in [0.3, 0.4) is 0 Å². The number of rotatable bonds is 8. The Labute approximate surface area is 230 Å². The molecule has 3 atom stereocenters. The zero-order valence-corrected chi connectivity index (χ0v) is 22.7. The van der Waals surface area contributed by atoms with Crippen LogP contribution in [0.15, 0.2) is 71.4 Å². The molecule has 2 aliphatic heterocycles. The van der Waals surface area contributed by atoms with Gasteiger partial charge < -0.3 is 15.1 Å². The first kappa shape index (κ1) is 26.2. The minimum absolute atomic E-state index is 0.0129. The van der Waals surface area contributed by atoms with Crippen molar-refractivity contribution in [2.45, 2.75) is 37.2 Å². The molecular formula is C29H29N3O4S2. The zero-order valence-electron chi connectivity index (χ0n) is 21.0. The van der Waals surface area contributed by atoms with Crippen LogP contribution in [0.5, 0.6) is 0 Å². The highest BCUT2D eigenvalue weighted by Gasteiger charge is 2.52. The number of Topliss-reactive ketones (excluding diaryl/α,β-unsaturated/α-hetero) is 1. The van der Waals surface area contributed by atoms with E-state index in [0.717, 1.165) is 11.1 Å². The number of aryl methyl sites for hydroxylation is 1. The molecule has 1 N–H and O–H groups in total. The van der Waals surface area contributed by atoms with Gasteiger partial charge in [0.2, 0.25) is 5.91 Å². The van der Waals surface area contributed by atoms with Gasteiger partial charge in [-0.15, -0.1) is 0 Å². The fourth-order valence-corrected chi connectivity index (χ4v) is 6.83. The summed E-state index contributed by atoms with van der Waals surface area (Å²) in [7, 11) is 0. The summed E-state index contributed by atoms with van der Waals surface area (Å²) in [6.07, 6.45) is 0.530. The van der Waals surface area contributed by atoms with Crippen LogP contribution in [0.2, 0.25) is 0 Å². The number of carbonyl (C=O) groups excluding carboxylic acids is 4. The summed E-state index contributed by atoms with van der Waals surface area (Å²) in [6.45, 7) is 2.23. The second-order valence-corrected chi connectivity index (χ2v) is 11.4. The lowest BCUT2D eigenvalue weighted by Gasteiger charge is -2.28.